The fraction of sp³-hybridized carbons (Fsp3) is 1.00. The Morgan fingerprint density at radius 2 is 1.75 bits per heavy atom. The number of hydrogen-bond donors (Lipinski definition) is 2. The maximum atomic E-state index is 10.9. The summed E-state index contributed by atoms with van der Waals surface area (Å²) in [6.07, 6.45) is 7.44. The molecule has 0 atom stereocenters. The summed E-state index contributed by atoms with van der Waals surface area (Å²) in [6.45, 7) is 0.948. The van der Waals surface area contributed by atoms with Gasteiger partial charge in [0.25, 0.3) is 0 Å². The van der Waals surface area contributed by atoms with Gasteiger partial charge in [0.1, 0.15) is 9.84 Å². The molecule has 16 heavy (non-hydrogen) atoms. The van der Waals surface area contributed by atoms with Gasteiger partial charge in [0.15, 0.2) is 0 Å². The lowest BCUT2D eigenvalue weighted by Crippen LogP contribution is -2.41. The van der Waals surface area contributed by atoms with E-state index in [4.69, 9.17) is 0 Å². The van der Waals surface area contributed by atoms with E-state index in [0.29, 0.717) is 13.1 Å². The van der Waals surface area contributed by atoms with E-state index in [1.165, 1.54) is 19.1 Å². The van der Waals surface area contributed by atoms with Crippen molar-refractivity contribution in [3.63, 3.8) is 0 Å². The van der Waals surface area contributed by atoms with E-state index in [-0.39, 0.29) is 5.75 Å². The lowest BCUT2D eigenvalue weighted by Gasteiger charge is -2.26. The minimum atomic E-state index is -2.90. The minimum Gasteiger partial charge on any atom is -0.389 e. The molecule has 0 heterocycles. The van der Waals surface area contributed by atoms with Gasteiger partial charge in [-0.1, -0.05) is 25.7 Å². The Morgan fingerprint density at radius 1 is 1.19 bits per heavy atom. The largest absolute Gasteiger partial charge is 0.389 e. The molecule has 0 bridgehead atoms. The second kappa shape index (κ2) is 5.98. The summed E-state index contributed by atoms with van der Waals surface area (Å²) >= 11 is 0. The molecule has 2 N–H and O–H groups in total. The van der Waals surface area contributed by atoms with Crippen molar-refractivity contribution < 1.29 is 13.5 Å². The standard InChI is InChI=1S/C11H23NO3S/c1-16(14,15)9-8-12-10-11(13)6-4-2-3-5-7-11/h12-13H,2-10H2,1H3. The summed E-state index contributed by atoms with van der Waals surface area (Å²) in [5, 5.41) is 13.3. The summed E-state index contributed by atoms with van der Waals surface area (Å²) in [7, 11) is -2.90. The Hall–Kier alpha value is -0.130. The predicted octanol–water partition coefficient (Wildman–Crippen LogP) is 0.706. The molecule has 1 fully saturated rings. The van der Waals surface area contributed by atoms with Crippen molar-refractivity contribution in [2.45, 2.75) is 44.1 Å². The first-order valence-electron chi connectivity index (χ1n) is 6.02. The van der Waals surface area contributed by atoms with Gasteiger partial charge >= 0.3 is 0 Å². The molecule has 96 valence electrons. The number of sulfone groups is 1. The summed E-state index contributed by atoms with van der Waals surface area (Å²) in [5.74, 6) is 0.142. The van der Waals surface area contributed by atoms with Crippen molar-refractivity contribution in [2.75, 3.05) is 25.1 Å². The highest BCUT2D eigenvalue weighted by molar-refractivity contribution is 7.90. The molecule has 0 amide bonds. The van der Waals surface area contributed by atoms with Gasteiger partial charge < -0.3 is 10.4 Å². The lowest BCUT2D eigenvalue weighted by atomic mass is 9.94. The van der Waals surface area contributed by atoms with Crippen molar-refractivity contribution in [1.29, 1.82) is 0 Å². The summed E-state index contributed by atoms with van der Waals surface area (Å²) < 4.78 is 21.8. The second-order valence-electron chi connectivity index (χ2n) is 4.95. The molecular formula is C11H23NO3S. The first kappa shape index (κ1) is 13.9. The third kappa shape index (κ3) is 5.82. The molecule has 0 radical (unpaired) electrons. The van der Waals surface area contributed by atoms with Crippen LogP contribution in [0.15, 0.2) is 0 Å². The van der Waals surface area contributed by atoms with E-state index < -0.39 is 15.4 Å². The van der Waals surface area contributed by atoms with E-state index in [0.717, 1.165) is 25.7 Å². The van der Waals surface area contributed by atoms with Gasteiger partial charge in [0, 0.05) is 19.3 Å². The molecule has 0 aromatic carbocycles. The Kier molecular flexibility index (Phi) is 5.21. The predicted molar refractivity (Wildman–Crippen MR) is 65.2 cm³/mol. The summed E-state index contributed by atoms with van der Waals surface area (Å²) in [6, 6.07) is 0. The third-order valence-electron chi connectivity index (χ3n) is 3.14. The van der Waals surface area contributed by atoms with Gasteiger partial charge in [-0.05, 0) is 12.8 Å². The number of nitrogens with one attached hydrogen (secondary N) is 1. The molecule has 1 aliphatic rings. The van der Waals surface area contributed by atoms with E-state index in [9.17, 15) is 13.5 Å². The highest BCUT2D eigenvalue weighted by Crippen LogP contribution is 2.26. The molecule has 0 saturated heterocycles. The van der Waals surface area contributed by atoms with E-state index in [1.807, 2.05) is 0 Å². The van der Waals surface area contributed by atoms with Crippen molar-refractivity contribution in [3.05, 3.63) is 0 Å². The molecule has 0 spiro atoms. The van der Waals surface area contributed by atoms with E-state index in [1.54, 1.807) is 0 Å². The first-order valence-corrected chi connectivity index (χ1v) is 8.08. The van der Waals surface area contributed by atoms with Crippen LogP contribution in [0.4, 0.5) is 0 Å². The minimum absolute atomic E-state index is 0.142. The van der Waals surface area contributed by atoms with Crippen LogP contribution in [0.3, 0.4) is 0 Å². The van der Waals surface area contributed by atoms with Crippen LogP contribution in [-0.2, 0) is 9.84 Å². The highest BCUT2D eigenvalue weighted by Gasteiger charge is 2.27. The molecule has 0 aromatic heterocycles. The monoisotopic (exact) mass is 249 g/mol. The number of aliphatic hydroxyl groups is 1. The van der Waals surface area contributed by atoms with E-state index >= 15 is 0 Å². The Bertz CT molecular complexity index is 292. The van der Waals surface area contributed by atoms with E-state index in [2.05, 4.69) is 5.32 Å². The van der Waals surface area contributed by atoms with Gasteiger partial charge in [0.2, 0.25) is 0 Å². The van der Waals surface area contributed by atoms with Crippen molar-refractivity contribution in [1.82, 2.24) is 5.32 Å². The van der Waals surface area contributed by atoms with Gasteiger partial charge in [-0.15, -0.1) is 0 Å². The van der Waals surface area contributed by atoms with Crippen molar-refractivity contribution >= 4 is 9.84 Å². The smallest absolute Gasteiger partial charge is 0.148 e. The van der Waals surface area contributed by atoms with Crippen LogP contribution in [-0.4, -0.2) is 44.2 Å². The fourth-order valence-electron chi connectivity index (χ4n) is 2.14. The molecule has 0 aromatic rings. The maximum Gasteiger partial charge on any atom is 0.148 e. The summed E-state index contributed by atoms with van der Waals surface area (Å²) in [4.78, 5) is 0. The highest BCUT2D eigenvalue weighted by atomic mass is 32.2. The van der Waals surface area contributed by atoms with Crippen LogP contribution in [0.1, 0.15) is 38.5 Å². The lowest BCUT2D eigenvalue weighted by molar-refractivity contribution is 0.0259. The van der Waals surface area contributed by atoms with Crippen LogP contribution < -0.4 is 5.32 Å². The fourth-order valence-corrected chi connectivity index (χ4v) is 2.66. The molecule has 1 aliphatic carbocycles. The maximum absolute atomic E-state index is 10.9. The van der Waals surface area contributed by atoms with Crippen LogP contribution in [0.5, 0.6) is 0 Å². The van der Waals surface area contributed by atoms with Crippen LogP contribution in [0.25, 0.3) is 0 Å². The molecule has 5 heteroatoms. The summed E-state index contributed by atoms with van der Waals surface area (Å²) in [5.41, 5.74) is -0.617. The molecule has 0 aliphatic heterocycles. The SMILES string of the molecule is CS(=O)(=O)CCNCC1(O)CCCCCC1. The quantitative estimate of drug-likeness (QED) is 0.556. The molecular weight excluding hydrogens is 226 g/mol. The Morgan fingerprint density at radius 3 is 2.25 bits per heavy atom. The molecule has 0 unspecified atom stereocenters. The zero-order valence-corrected chi connectivity index (χ0v) is 10.9. The van der Waals surface area contributed by atoms with Crippen LogP contribution >= 0.6 is 0 Å². The van der Waals surface area contributed by atoms with Gasteiger partial charge in [-0.25, -0.2) is 8.42 Å². The van der Waals surface area contributed by atoms with Crippen molar-refractivity contribution in [3.8, 4) is 0 Å². The average Bonchev–Trinajstić information content (AvgIpc) is 2.37. The first-order chi connectivity index (χ1) is 7.41. The number of hydrogen-bond acceptors (Lipinski definition) is 4. The molecule has 4 nitrogen and oxygen atoms in total. The Balaban J connectivity index is 2.24. The molecule has 1 rings (SSSR count). The van der Waals surface area contributed by atoms with Gasteiger partial charge in [-0.2, -0.15) is 0 Å². The Labute approximate surface area is 98.4 Å². The third-order valence-corrected chi connectivity index (χ3v) is 4.08. The van der Waals surface area contributed by atoms with Gasteiger partial charge in [-0.3, -0.25) is 0 Å². The normalized spacial score (nSPS) is 21.6. The number of rotatable bonds is 5. The topological polar surface area (TPSA) is 66.4 Å². The van der Waals surface area contributed by atoms with Gasteiger partial charge in [0.05, 0.1) is 11.4 Å². The second-order valence-corrected chi connectivity index (χ2v) is 7.20. The van der Waals surface area contributed by atoms with Crippen LogP contribution in [0.2, 0.25) is 0 Å². The van der Waals surface area contributed by atoms with Crippen LogP contribution in [0, 0.1) is 0 Å². The average molecular weight is 249 g/mol. The van der Waals surface area contributed by atoms with Crippen molar-refractivity contribution in [2.24, 2.45) is 0 Å². The zero-order chi connectivity index (χ0) is 12.1. The zero-order valence-electron chi connectivity index (χ0n) is 10.0. The molecule has 1 saturated carbocycles.